The summed E-state index contributed by atoms with van der Waals surface area (Å²) >= 11 is 0. The fourth-order valence-electron chi connectivity index (χ4n) is 1.71. The van der Waals surface area contributed by atoms with Crippen LogP contribution in [0.4, 0.5) is 10.1 Å². The zero-order valence-electron chi connectivity index (χ0n) is 10.9. The highest BCUT2D eigenvalue weighted by atomic mass is 35.7. The van der Waals surface area contributed by atoms with Crippen molar-refractivity contribution in [1.82, 2.24) is 0 Å². The zero-order valence-corrected chi connectivity index (χ0v) is 12.5. The molecule has 110 valence electrons. The largest absolute Gasteiger partial charge is 0.322 e. The molecule has 21 heavy (non-hydrogen) atoms. The molecule has 2 aromatic rings. The van der Waals surface area contributed by atoms with Crippen LogP contribution in [0.5, 0.6) is 0 Å². The van der Waals surface area contributed by atoms with E-state index in [-0.39, 0.29) is 10.5 Å². The van der Waals surface area contributed by atoms with Gasteiger partial charge in [-0.15, -0.1) is 0 Å². The van der Waals surface area contributed by atoms with E-state index in [0.717, 1.165) is 5.56 Å². The van der Waals surface area contributed by atoms with E-state index >= 15 is 0 Å². The van der Waals surface area contributed by atoms with Crippen LogP contribution in [0.1, 0.15) is 15.9 Å². The number of nitrogens with one attached hydrogen (secondary N) is 1. The summed E-state index contributed by atoms with van der Waals surface area (Å²) < 4.78 is 35.8. The molecule has 2 rings (SSSR count). The van der Waals surface area contributed by atoms with Gasteiger partial charge in [0.1, 0.15) is 5.82 Å². The van der Waals surface area contributed by atoms with Gasteiger partial charge in [0.15, 0.2) is 0 Å². The number of carbonyl (C=O) groups is 1. The van der Waals surface area contributed by atoms with Crippen molar-refractivity contribution < 1.29 is 17.6 Å². The van der Waals surface area contributed by atoms with E-state index in [1.165, 1.54) is 36.4 Å². The van der Waals surface area contributed by atoms with E-state index in [1.807, 2.05) is 0 Å². The van der Waals surface area contributed by atoms with Gasteiger partial charge in [0, 0.05) is 16.4 Å². The molecule has 0 unspecified atom stereocenters. The summed E-state index contributed by atoms with van der Waals surface area (Å²) in [5.74, 6) is -1.24. The number of benzene rings is 2. The minimum atomic E-state index is -3.81. The summed E-state index contributed by atoms with van der Waals surface area (Å²) in [6, 6.07) is 9.47. The number of hydrogen-bond donors (Lipinski definition) is 1. The monoisotopic (exact) mass is 327 g/mol. The van der Waals surface area contributed by atoms with Crippen LogP contribution in [0, 0.1) is 12.7 Å². The Bertz CT molecular complexity index is 788. The van der Waals surface area contributed by atoms with Crippen molar-refractivity contribution in [2.45, 2.75) is 11.8 Å². The van der Waals surface area contributed by atoms with Crippen LogP contribution in [0.25, 0.3) is 0 Å². The Morgan fingerprint density at radius 1 is 1.14 bits per heavy atom. The second-order valence-corrected chi connectivity index (χ2v) is 6.97. The molecule has 2 aromatic carbocycles. The molecule has 0 saturated heterocycles. The van der Waals surface area contributed by atoms with Crippen molar-refractivity contribution in [3.8, 4) is 0 Å². The Morgan fingerprint density at radius 3 is 2.33 bits per heavy atom. The van der Waals surface area contributed by atoms with Crippen LogP contribution in [0.15, 0.2) is 47.4 Å². The quantitative estimate of drug-likeness (QED) is 0.880. The van der Waals surface area contributed by atoms with Gasteiger partial charge in [0.25, 0.3) is 15.0 Å². The topological polar surface area (TPSA) is 63.2 Å². The molecule has 7 heteroatoms. The van der Waals surface area contributed by atoms with E-state index in [0.29, 0.717) is 5.69 Å². The molecule has 0 spiro atoms. The Balaban J connectivity index is 2.22. The van der Waals surface area contributed by atoms with E-state index in [9.17, 15) is 17.6 Å². The molecule has 0 aliphatic rings. The number of halogens is 2. The minimum absolute atomic E-state index is 0.0796. The van der Waals surface area contributed by atoms with E-state index in [4.69, 9.17) is 10.7 Å². The SMILES string of the molecule is Cc1ccc(F)c(C(=O)Nc2ccc(S(=O)(=O)Cl)cc2)c1. The van der Waals surface area contributed by atoms with Crippen molar-refractivity contribution in [2.75, 3.05) is 5.32 Å². The summed E-state index contributed by atoms with van der Waals surface area (Å²) in [4.78, 5) is 11.9. The molecule has 0 aliphatic heterocycles. The van der Waals surface area contributed by atoms with Crippen molar-refractivity contribution >= 4 is 31.3 Å². The van der Waals surface area contributed by atoms with Gasteiger partial charge in [-0.05, 0) is 43.3 Å². The molecule has 0 saturated carbocycles. The lowest BCUT2D eigenvalue weighted by atomic mass is 10.1. The molecular formula is C14H11ClFNO3S. The maximum Gasteiger partial charge on any atom is 0.261 e. The van der Waals surface area contributed by atoms with Gasteiger partial charge < -0.3 is 5.32 Å². The van der Waals surface area contributed by atoms with Crippen LogP contribution in [0.3, 0.4) is 0 Å². The predicted molar refractivity (Wildman–Crippen MR) is 78.6 cm³/mol. The van der Waals surface area contributed by atoms with Crippen LogP contribution in [0.2, 0.25) is 0 Å². The highest BCUT2D eigenvalue weighted by Crippen LogP contribution is 2.19. The number of amides is 1. The Labute approximate surface area is 126 Å². The number of rotatable bonds is 3. The average Bonchev–Trinajstić information content (AvgIpc) is 2.41. The van der Waals surface area contributed by atoms with Crippen molar-refractivity contribution in [2.24, 2.45) is 0 Å². The summed E-state index contributed by atoms with van der Waals surface area (Å²) in [6.45, 7) is 1.75. The van der Waals surface area contributed by atoms with Crippen LogP contribution in [-0.4, -0.2) is 14.3 Å². The number of aryl methyl sites for hydroxylation is 1. The van der Waals surface area contributed by atoms with E-state index in [2.05, 4.69) is 5.32 Å². The Morgan fingerprint density at radius 2 is 1.76 bits per heavy atom. The normalized spacial score (nSPS) is 11.2. The third-order valence-electron chi connectivity index (χ3n) is 2.76. The fourth-order valence-corrected chi connectivity index (χ4v) is 2.48. The highest BCUT2D eigenvalue weighted by molar-refractivity contribution is 8.13. The average molecular weight is 328 g/mol. The van der Waals surface area contributed by atoms with Crippen LogP contribution in [-0.2, 0) is 9.05 Å². The van der Waals surface area contributed by atoms with E-state index in [1.54, 1.807) is 13.0 Å². The molecular weight excluding hydrogens is 317 g/mol. The lowest BCUT2D eigenvalue weighted by Gasteiger charge is -2.07. The first-order chi connectivity index (χ1) is 9.77. The standard InChI is InChI=1S/C14H11ClFNO3S/c1-9-2-7-13(16)12(8-9)14(18)17-10-3-5-11(6-4-10)21(15,19)20/h2-8H,1H3,(H,17,18). The first-order valence-electron chi connectivity index (χ1n) is 5.89. The lowest BCUT2D eigenvalue weighted by Crippen LogP contribution is -2.14. The third-order valence-corrected chi connectivity index (χ3v) is 4.13. The Hall–Kier alpha value is -1.92. The molecule has 0 aromatic heterocycles. The molecule has 0 bridgehead atoms. The van der Waals surface area contributed by atoms with Gasteiger partial charge in [-0.1, -0.05) is 11.6 Å². The molecule has 4 nitrogen and oxygen atoms in total. The fraction of sp³-hybridized carbons (Fsp3) is 0.0714. The van der Waals surface area contributed by atoms with Gasteiger partial charge in [-0.2, -0.15) is 0 Å². The van der Waals surface area contributed by atoms with Crippen LogP contribution >= 0.6 is 10.7 Å². The lowest BCUT2D eigenvalue weighted by molar-refractivity contribution is 0.102. The highest BCUT2D eigenvalue weighted by Gasteiger charge is 2.13. The van der Waals surface area contributed by atoms with Crippen molar-refractivity contribution in [1.29, 1.82) is 0 Å². The van der Waals surface area contributed by atoms with Crippen molar-refractivity contribution in [3.63, 3.8) is 0 Å². The van der Waals surface area contributed by atoms with Gasteiger partial charge in [-0.3, -0.25) is 4.79 Å². The Kier molecular flexibility index (Phi) is 4.29. The summed E-state index contributed by atoms with van der Waals surface area (Å²) in [5, 5.41) is 2.49. The smallest absolute Gasteiger partial charge is 0.261 e. The molecule has 0 aliphatic carbocycles. The molecule has 0 fully saturated rings. The maximum absolute atomic E-state index is 13.6. The van der Waals surface area contributed by atoms with Gasteiger partial charge >= 0.3 is 0 Å². The summed E-state index contributed by atoms with van der Waals surface area (Å²) in [6.07, 6.45) is 0. The first kappa shape index (κ1) is 15.5. The molecule has 1 amide bonds. The van der Waals surface area contributed by atoms with E-state index < -0.39 is 20.8 Å². The molecule has 0 atom stereocenters. The summed E-state index contributed by atoms with van der Waals surface area (Å²) in [7, 11) is 1.37. The van der Waals surface area contributed by atoms with Crippen molar-refractivity contribution in [3.05, 3.63) is 59.4 Å². The molecule has 0 radical (unpaired) electrons. The maximum atomic E-state index is 13.6. The second-order valence-electron chi connectivity index (χ2n) is 4.40. The van der Waals surface area contributed by atoms with Gasteiger partial charge in [0.2, 0.25) is 0 Å². The number of hydrogen-bond acceptors (Lipinski definition) is 3. The number of anilines is 1. The minimum Gasteiger partial charge on any atom is -0.322 e. The second kappa shape index (κ2) is 5.83. The zero-order chi connectivity index (χ0) is 15.6. The van der Waals surface area contributed by atoms with Gasteiger partial charge in [-0.25, -0.2) is 12.8 Å². The predicted octanol–water partition coefficient (Wildman–Crippen LogP) is 3.31. The van der Waals surface area contributed by atoms with Crippen LogP contribution < -0.4 is 5.32 Å². The first-order valence-corrected chi connectivity index (χ1v) is 8.20. The molecule has 0 heterocycles. The third kappa shape index (κ3) is 3.80. The number of carbonyl (C=O) groups excluding carboxylic acids is 1. The van der Waals surface area contributed by atoms with Gasteiger partial charge in [0.05, 0.1) is 10.5 Å². The molecule has 1 N–H and O–H groups in total. The summed E-state index contributed by atoms with van der Waals surface area (Å²) in [5.41, 5.74) is 1.01.